The molecule has 0 bridgehead atoms. The molecular formula is C27H27ClN2O3. The van der Waals surface area contributed by atoms with Gasteiger partial charge in [-0.15, -0.1) is 0 Å². The van der Waals surface area contributed by atoms with Crippen molar-refractivity contribution in [3.05, 3.63) is 94.5 Å². The highest BCUT2D eigenvalue weighted by atomic mass is 35.5. The number of halogens is 1. The largest absolute Gasteiger partial charge is 0.454 e. The Hall–Kier alpha value is -3.02. The van der Waals surface area contributed by atoms with Crippen molar-refractivity contribution in [2.24, 2.45) is 0 Å². The Kier molecular flexibility index (Phi) is 6.51. The first-order valence-corrected chi connectivity index (χ1v) is 11.8. The quantitative estimate of drug-likeness (QED) is 0.493. The zero-order valence-electron chi connectivity index (χ0n) is 18.5. The van der Waals surface area contributed by atoms with E-state index in [1.165, 1.54) is 5.56 Å². The van der Waals surface area contributed by atoms with Crippen LogP contribution in [-0.4, -0.2) is 41.6 Å². The molecule has 0 radical (unpaired) electrons. The van der Waals surface area contributed by atoms with Crippen molar-refractivity contribution in [3.8, 4) is 11.5 Å². The molecule has 0 unspecified atom stereocenters. The summed E-state index contributed by atoms with van der Waals surface area (Å²) < 4.78 is 10.9. The molecule has 33 heavy (non-hydrogen) atoms. The number of rotatable bonds is 6. The summed E-state index contributed by atoms with van der Waals surface area (Å²) >= 11 is 6.47. The minimum atomic E-state index is -0.00488. The lowest BCUT2D eigenvalue weighted by Crippen LogP contribution is -2.46. The number of piperidine rings is 1. The van der Waals surface area contributed by atoms with E-state index in [1.807, 2.05) is 47.4 Å². The smallest absolute Gasteiger partial charge is 0.254 e. The van der Waals surface area contributed by atoms with Crippen molar-refractivity contribution in [2.75, 3.05) is 19.9 Å². The summed E-state index contributed by atoms with van der Waals surface area (Å²) in [7, 11) is 0. The van der Waals surface area contributed by atoms with E-state index < -0.39 is 0 Å². The fourth-order valence-electron chi connectivity index (χ4n) is 4.60. The third-order valence-electron chi connectivity index (χ3n) is 6.43. The first-order chi connectivity index (χ1) is 16.2. The van der Waals surface area contributed by atoms with Crippen LogP contribution in [0.3, 0.4) is 0 Å². The van der Waals surface area contributed by atoms with Gasteiger partial charge in [-0.1, -0.05) is 60.1 Å². The van der Waals surface area contributed by atoms with Gasteiger partial charge in [-0.2, -0.15) is 0 Å². The van der Waals surface area contributed by atoms with Crippen molar-refractivity contribution in [1.82, 2.24) is 9.80 Å². The number of amides is 1. The monoisotopic (exact) mass is 462 g/mol. The van der Waals surface area contributed by atoms with Crippen molar-refractivity contribution >= 4 is 17.5 Å². The minimum absolute atomic E-state index is 0.00488. The van der Waals surface area contributed by atoms with Crippen LogP contribution in [0.25, 0.3) is 0 Å². The average molecular weight is 463 g/mol. The third kappa shape index (κ3) is 5.00. The van der Waals surface area contributed by atoms with Crippen LogP contribution in [0.15, 0.2) is 72.8 Å². The lowest BCUT2D eigenvalue weighted by molar-refractivity contribution is 0.0542. The molecule has 5 nitrogen and oxygen atoms in total. The SMILES string of the molecule is O=C(c1ccc2c(c1)OCO2)N(Cc1ccccc1Cl)C1CCN(Cc2ccccc2)CC1. The van der Waals surface area contributed by atoms with E-state index in [0.29, 0.717) is 28.6 Å². The second-order valence-corrected chi connectivity index (χ2v) is 8.99. The molecule has 6 heteroatoms. The van der Waals surface area contributed by atoms with Gasteiger partial charge >= 0.3 is 0 Å². The predicted molar refractivity (Wildman–Crippen MR) is 129 cm³/mol. The van der Waals surface area contributed by atoms with E-state index >= 15 is 0 Å². The second-order valence-electron chi connectivity index (χ2n) is 8.59. The molecule has 0 atom stereocenters. The van der Waals surface area contributed by atoms with Gasteiger partial charge in [0.2, 0.25) is 6.79 Å². The molecule has 1 saturated heterocycles. The predicted octanol–water partition coefficient (Wildman–Crippen LogP) is 5.38. The van der Waals surface area contributed by atoms with Crippen LogP contribution in [0.5, 0.6) is 11.5 Å². The highest BCUT2D eigenvalue weighted by Gasteiger charge is 2.30. The Balaban J connectivity index is 1.34. The molecule has 2 aliphatic rings. The summed E-state index contributed by atoms with van der Waals surface area (Å²) in [6, 6.07) is 23.9. The van der Waals surface area contributed by atoms with Crippen molar-refractivity contribution in [1.29, 1.82) is 0 Å². The van der Waals surface area contributed by atoms with Gasteiger partial charge in [0.1, 0.15) is 0 Å². The fraction of sp³-hybridized carbons (Fsp3) is 0.296. The molecule has 170 valence electrons. The Morgan fingerprint density at radius 3 is 2.45 bits per heavy atom. The summed E-state index contributed by atoms with van der Waals surface area (Å²) in [6.45, 7) is 3.51. The van der Waals surface area contributed by atoms with Gasteiger partial charge in [0.05, 0.1) is 0 Å². The number of nitrogens with zero attached hydrogens (tertiary/aromatic N) is 2. The van der Waals surface area contributed by atoms with Gasteiger partial charge in [0, 0.05) is 42.8 Å². The number of carbonyl (C=O) groups is 1. The number of hydrogen-bond donors (Lipinski definition) is 0. The molecule has 1 amide bonds. The molecular weight excluding hydrogens is 436 g/mol. The number of carbonyl (C=O) groups excluding carboxylic acids is 1. The Morgan fingerprint density at radius 1 is 0.939 bits per heavy atom. The standard InChI is InChI=1S/C27H27ClN2O3/c28-24-9-5-4-8-22(24)18-30(27(31)21-10-11-25-26(16-21)33-19-32-25)23-12-14-29(15-13-23)17-20-6-2-1-3-7-20/h1-11,16,23H,12-15,17-19H2. The van der Waals surface area contributed by atoms with E-state index in [9.17, 15) is 4.79 Å². The van der Waals surface area contributed by atoms with Crippen LogP contribution in [0.4, 0.5) is 0 Å². The Labute approximate surface area is 199 Å². The molecule has 0 N–H and O–H groups in total. The van der Waals surface area contributed by atoms with Gasteiger partial charge in [-0.25, -0.2) is 0 Å². The average Bonchev–Trinajstić information content (AvgIpc) is 3.32. The van der Waals surface area contributed by atoms with Crippen LogP contribution in [-0.2, 0) is 13.1 Å². The van der Waals surface area contributed by atoms with E-state index in [2.05, 4.69) is 29.2 Å². The Bertz CT molecular complexity index is 1110. The maximum Gasteiger partial charge on any atom is 0.254 e. The second kappa shape index (κ2) is 9.86. The number of hydrogen-bond acceptors (Lipinski definition) is 4. The molecule has 2 heterocycles. The van der Waals surface area contributed by atoms with Gasteiger partial charge in [-0.3, -0.25) is 9.69 Å². The molecule has 3 aromatic carbocycles. The van der Waals surface area contributed by atoms with Crippen molar-refractivity contribution in [3.63, 3.8) is 0 Å². The summed E-state index contributed by atoms with van der Waals surface area (Å²) in [5, 5.41) is 0.683. The van der Waals surface area contributed by atoms with Gasteiger partial charge in [0.25, 0.3) is 5.91 Å². The highest BCUT2D eigenvalue weighted by Crippen LogP contribution is 2.34. The van der Waals surface area contributed by atoms with Crippen molar-refractivity contribution < 1.29 is 14.3 Å². The van der Waals surface area contributed by atoms with Crippen LogP contribution in [0.2, 0.25) is 5.02 Å². The first kappa shape index (κ1) is 21.8. The number of likely N-dealkylation sites (tertiary alicyclic amines) is 1. The van der Waals surface area contributed by atoms with E-state index in [-0.39, 0.29) is 18.7 Å². The molecule has 0 spiro atoms. The maximum atomic E-state index is 13.7. The molecule has 0 saturated carbocycles. The summed E-state index contributed by atoms with van der Waals surface area (Å²) in [5.41, 5.74) is 2.89. The Morgan fingerprint density at radius 2 is 1.67 bits per heavy atom. The number of fused-ring (bicyclic) bond motifs is 1. The van der Waals surface area contributed by atoms with Crippen LogP contribution < -0.4 is 9.47 Å². The summed E-state index contributed by atoms with van der Waals surface area (Å²) in [6.07, 6.45) is 1.85. The highest BCUT2D eigenvalue weighted by molar-refractivity contribution is 6.31. The number of benzene rings is 3. The van der Waals surface area contributed by atoms with Gasteiger partial charge in [-0.05, 0) is 48.2 Å². The number of ether oxygens (including phenoxy) is 2. The molecule has 0 aliphatic carbocycles. The molecule has 2 aliphatic heterocycles. The summed E-state index contributed by atoms with van der Waals surface area (Å²) in [5.74, 6) is 1.30. The maximum absolute atomic E-state index is 13.7. The van der Waals surface area contributed by atoms with Crippen molar-refractivity contribution in [2.45, 2.75) is 32.0 Å². The topological polar surface area (TPSA) is 42.0 Å². The zero-order chi connectivity index (χ0) is 22.6. The lowest BCUT2D eigenvalue weighted by Gasteiger charge is -2.39. The van der Waals surface area contributed by atoms with Crippen LogP contribution in [0.1, 0.15) is 34.3 Å². The lowest BCUT2D eigenvalue weighted by atomic mass is 10.00. The molecule has 0 aromatic heterocycles. The zero-order valence-corrected chi connectivity index (χ0v) is 19.2. The third-order valence-corrected chi connectivity index (χ3v) is 6.79. The minimum Gasteiger partial charge on any atom is -0.454 e. The van der Waals surface area contributed by atoms with Crippen LogP contribution >= 0.6 is 11.6 Å². The normalized spacial score (nSPS) is 16.0. The summed E-state index contributed by atoms with van der Waals surface area (Å²) in [4.78, 5) is 18.2. The van der Waals surface area contributed by atoms with Gasteiger partial charge < -0.3 is 14.4 Å². The molecule has 3 aromatic rings. The first-order valence-electron chi connectivity index (χ1n) is 11.4. The van der Waals surface area contributed by atoms with Crippen LogP contribution in [0, 0.1) is 0 Å². The fourth-order valence-corrected chi connectivity index (χ4v) is 4.80. The van der Waals surface area contributed by atoms with E-state index in [1.54, 1.807) is 6.07 Å². The van der Waals surface area contributed by atoms with E-state index in [4.69, 9.17) is 21.1 Å². The molecule has 5 rings (SSSR count). The van der Waals surface area contributed by atoms with E-state index in [0.717, 1.165) is 38.0 Å². The van der Waals surface area contributed by atoms with Gasteiger partial charge in [0.15, 0.2) is 11.5 Å². The molecule has 1 fully saturated rings.